The van der Waals surface area contributed by atoms with Crippen LogP contribution >= 0.6 is 0 Å². The zero-order chi connectivity index (χ0) is 26.8. The molecule has 3 aromatic rings. The van der Waals surface area contributed by atoms with Crippen LogP contribution in [0.3, 0.4) is 0 Å². The number of urea groups is 1. The monoisotopic (exact) mass is 530 g/mol. The van der Waals surface area contributed by atoms with Gasteiger partial charge in [-0.15, -0.1) is 0 Å². The molecule has 2 aromatic carbocycles. The van der Waals surface area contributed by atoms with Crippen LogP contribution in [-0.4, -0.2) is 78.5 Å². The number of hydrogen-bond donors (Lipinski definition) is 3. The predicted molar refractivity (Wildman–Crippen MR) is 146 cm³/mol. The molecule has 39 heavy (non-hydrogen) atoms. The van der Waals surface area contributed by atoms with Crippen LogP contribution in [0.25, 0.3) is 11.4 Å². The standard InChI is InChI=1S/C27H30N8O4/c28-23(36)17-1-5-19(6-2-17)29-27(37)30-20-7-3-18(4-8-20)24-31-25(34-11-13-38-14-12-34)33-26(32-24)35-21-9-10-22(35)16-39-15-21/h1-8,21-22H,9-16H2,(H2,28,36)(H2,29,30,37). The number of benzene rings is 2. The van der Waals surface area contributed by atoms with Crippen molar-refractivity contribution < 1.29 is 19.1 Å². The van der Waals surface area contributed by atoms with Crippen molar-refractivity contribution >= 4 is 35.2 Å². The Bertz CT molecular complexity index is 1330. The fourth-order valence-corrected chi connectivity index (χ4v) is 5.17. The van der Waals surface area contributed by atoms with E-state index in [2.05, 4.69) is 20.4 Å². The highest BCUT2D eigenvalue weighted by Gasteiger charge is 2.39. The minimum Gasteiger partial charge on any atom is -0.378 e. The minimum absolute atomic E-state index is 0.272. The molecule has 12 nitrogen and oxygen atoms in total. The number of nitrogens with two attached hydrogens (primary N) is 1. The molecule has 6 rings (SSSR count). The molecular weight excluding hydrogens is 500 g/mol. The third-order valence-electron chi connectivity index (χ3n) is 7.21. The molecule has 3 fully saturated rings. The minimum atomic E-state index is -0.522. The Morgan fingerprint density at radius 3 is 2.00 bits per heavy atom. The lowest BCUT2D eigenvalue weighted by Gasteiger charge is -2.35. The Kier molecular flexibility index (Phi) is 6.95. The molecule has 3 aliphatic rings. The van der Waals surface area contributed by atoms with E-state index in [4.69, 9.17) is 30.2 Å². The van der Waals surface area contributed by atoms with Crippen LogP contribution in [0, 0.1) is 0 Å². The van der Waals surface area contributed by atoms with Gasteiger partial charge in [0, 0.05) is 35.6 Å². The second-order valence-electron chi connectivity index (χ2n) is 9.79. The van der Waals surface area contributed by atoms with Crippen LogP contribution in [0.15, 0.2) is 48.5 Å². The molecule has 3 aliphatic heterocycles. The normalized spacial score (nSPS) is 20.5. The van der Waals surface area contributed by atoms with Crippen molar-refractivity contribution in [1.29, 1.82) is 0 Å². The van der Waals surface area contributed by atoms with Gasteiger partial charge in [0.2, 0.25) is 17.8 Å². The largest absolute Gasteiger partial charge is 0.378 e. The predicted octanol–water partition coefficient (Wildman–Crippen LogP) is 2.49. The molecule has 4 heterocycles. The molecule has 0 spiro atoms. The molecule has 202 valence electrons. The van der Waals surface area contributed by atoms with Crippen molar-refractivity contribution in [2.24, 2.45) is 5.73 Å². The number of nitrogens with zero attached hydrogens (tertiary/aromatic N) is 5. The van der Waals surface area contributed by atoms with E-state index in [0.29, 0.717) is 61.1 Å². The summed E-state index contributed by atoms with van der Waals surface area (Å²) in [7, 11) is 0. The van der Waals surface area contributed by atoms with Gasteiger partial charge in [0.05, 0.1) is 38.5 Å². The Labute approximate surface area is 225 Å². The average molecular weight is 531 g/mol. The summed E-state index contributed by atoms with van der Waals surface area (Å²) in [6.45, 7) is 4.09. The van der Waals surface area contributed by atoms with Crippen LogP contribution in [0.4, 0.5) is 28.1 Å². The van der Waals surface area contributed by atoms with Gasteiger partial charge in [0.15, 0.2) is 5.82 Å². The first kappa shape index (κ1) is 25.0. The summed E-state index contributed by atoms with van der Waals surface area (Å²) in [6, 6.07) is 13.9. The molecule has 12 heteroatoms. The van der Waals surface area contributed by atoms with Gasteiger partial charge in [-0.1, -0.05) is 0 Å². The molecule has 3 saturated heterocycles. The summed E-state index contributed by atoms with van der Waals surface area (Å²) in [5, 5.41) is 5.55. The number of primary amides is 1. The number of ether oxygens (including phenoxy) is 2. The maximum Gasteiger partial charge on any atom is 0.323 e. The summed E-state index contributed by atoms with van der Waals surface area (Å²) in [4.78, 5) is 42.7. The lowest BCUT2D eigenvalue weighted by atomic mass is 10.2. The van der Waals surface area contributed by atoms with Gasteiger partial charge in [-0.3, -0.25) is 4.79 Å². The number of aromatic nitrogens is 3. The summed E-state index contributed by atoms with van der Waals surface area (Å²) >= 11 is 0. The third kappa shape index (κ3) is 5.47. The topological polar surface area (TPSA) is 148 Å². The van der Waals surface area contributed by atoms with E-state index in [1.165, 1.54) is 0 Å². The van der Waals surface area contributed by atoms with Crippen LogP contribution in [0.2, 0.25) is 0 Å². The van der Waals surface area contributed by atoms with Gasteiger partial charge < -0.3 is 35.6 Å². The summed E-state index contributed by atoms with van der Waals surface area (Å²) in [5.74, 6) is 1.39. The van der Waals surface area contributed by atoms with Crippen molar-refractivity contribution in [3.05, 3.63) is 54.1 Å². The second kappa shape index (κ2) is 10.8. The summed E-state index contributed by atoms with van der Waals surface area (Å²) in [5.41, 5.74) is 7.61. The Morgan fingerprint density at radius 2 is 1.38 bits per heavy atom. The highest BCUT2D eigenvalue weighted by Crippen LogP contribution is 2.34. The molecule has 1 aromatic heterocycles. The SMILES string of the molecule is NC(=O)c1ccc(NC(=O)Nc2ccc(-c3nc(N4CCOCC4)nc(N4C5CCC4COC5)n3)cc2)cc1. The number of hydrogen-bond acceptors (Lipinski definition) is 9. The van der Waals surface area contributed by atoms with Crippen molar-refractivity contribution in [3.8, 4) is 11.4 Å². The van der Waals surface area contributed by atoms with E-state index >= 15 is 0 Å². The zero-order valence-electron chi connectivity index (χ0n) is 21.4. The highest BCUT2D eigenvalue weighted by molar-refractivity contribution is 6.00. The molecule has 2 atom stereocenters. The van der Waals surface area contributed by atoms with Crippen molar-refractivity contribution in [1.82, 2.24) is 15.0 Å². The van der Waals surface area contributed by atoms with E-state index in [1.54, 1.807) is 36.4 Å². The molecule has 0 saturated carbocycles. The smallest absolute Gasteiger partial charge is 0.323 e. The summed E-state index contributed by atoms with van der Waals surface area (Å²) < 4.78 is 11.3. The highest BCUT2D eigenvalue weighted by atomic mass is 16.5. The Hall–Kier alpha value is -4.29. The van der Waals surface area contributed by atoms with Crippen LogP contribution in [0.5, 0.6) is 0 Å². The summed E-state index contributed by atoms with van der Waals surface area (Å²) in [6.07, 6.45) is 2.13. The molecule has 0 aliphatic carbocycles. The fraction of sp³-hybridized carbons (Fsp3) is 0.370. The number of fused-ring (bicyclic) bond motifs is 2. The first-order valence-corrected chi connectivity index (χ1v) is 13.1. The van der Waals surface area contributed by atoms with Crippen molar-refractivity contribution in [3.63, 3.8) is 0 Å². The molecule has 2 unspecified atom stereocenters. The van der Waals surface area contributed by atoms with Gasteiger partial charge >= 0.3 is 6.03 Å². The average Bonchev–Trinajstić information content (AvgIpc) is 3.22. The Morgan fingerprint density at radius 1 is 0.795 bits per heavy atom. The maximum atomic E-state index is 12.5. The van der Waals surface area contributed by atoms with Gasteiger partial charge in [-0.2, -0.15) is 15.0 Å². The number of carbonyl (C=O) groups excluding carboxylic acids is 2. The number of nitrogens with one attached hydrogen (secondary N) is 2. The second-order valence-corrected chi connectivity index (χ2v) is 9.79. The van der Waals surface area contributed by atoms with E-state index in [0.717, 1.165) is 31.5 Å². The Balaban J connectivity index is 1.21. The van der Waals surface area contributed by atoms with Crippen molar-refractivity contribution in [2.75, 3.05) is 60.0 Å². The first-order chi connectivity index (χ1) is 19.0. The van der Waals surface area contributed by atoms with Gasteiger partial charge in [-0.05, 0) is 61.4 Å². The third-order valence-corrected chi connectivity index (χ3v) is 7.21. The van der Waals surface area contributed by atoms with E-state index < -0.39 is 11.9 Å². The zero-order valence-corrected chi connectivity index (χ0v) is 21.4. The van der Waals surface area contributed by atoms with Gasteiger partial charge in [0.1, 0.15) is 0 Å². The maximum absolute atomic E-state index is 12.5. The van der Waals surface area contributed by atoms with Gasteiger partial charge in [-0.25, -0.2) is 4.79 Å². The number of morpholine rings is 2. The van der Waals surface area contributed by atoms with Crippen LogP contribution in [0.1, 0.15) is 23.2 Å². The molecule has 3 amide bonds. The molecule has 4 N–H and O–H groups in total. The van der Waals surface area contributed by atoms with Crippen LogP contribution in [-0.2, 0) is 9.47 Å². The lowest BCUT2D eigenvalue weighted by molar-refractivity contribution is 0.0897. The molecular formula is C27H30N8O4. The van der Waals surface area contributed by atoms with Gasteiger partial charge in [0.25, 0.3) is 0 Å². The number of rotatable bonds is 6. The lowest BCUT2D eigenvalue weighted by Crippen LogP contribution is -2.47. The number of carbonyl (C=O) groups is 2. The number of amides is 3. The van der Waals surface area contributed by atoms with Crippen LogP contribution < -0.4 is 26.2 Å². The van der Waals surface area contributed by atoms with E-state index in [9.17, 15) is 9.59 Å². The van der Waals surface area contributed by atoms with Crippen molar-refractivity contribution in [2.45, 2.75) is 24.9 Å². The number of anilines is 4. The van der Waals surface area contributed by atoms with E-state index in [1.807, 2.05) is 12.1 Å². The molecule has 0 radical (unpaired) electrons. The first-order valence-electron chi connectivity index (χ1n) is 13.1. The quantitative estimate of drug-likeness (QED) is 0.437. The fourth-order valence-electron chi connectivity index (χ4n) is 5.17. The molecule has 2 bridgehead atoms. The van der Waals surface area contributed by atoms with E-state index in [-0.39, 0.29) is 12.1 Å².